The third kappa shape index (κ3) is 1.56. The van der Waals surface area contributed by atoms with E-state index in [0.717, 1.165) is 5.17 Å². The molecule has 2 unspecified atom stereocenters. The zero-order chi connectivity index (χ0) is 10.3. The summed E-state index contributed by atoms with van der Waals surface area (Å²) in [5.74, 6) is 0.496. The van der Waals surface area contributed by atoms with Crippen LogP contribution in [0.1, 0.15) is 0 Å². The van der Waals surface area contributed by atoms with Gasteiger partial charge in [-0.15, -0.1) is 0 Å². The Morgan fingerprint density at radius 2 is 2.36 bits per heavy atom. The maximum Gasteiger partial charge on any atom is 0.305 e. The second kappa shape index (κ2) is 3.27. The molecule has 1 fully saturated rings. The monoisotopic (exact) mass is 233 g/mol. The summed E-state index contributed by atoms with van der Waals surface area (Å²) in [7, 11) is -2.85. The standard InChI is InChI=1S/C8H12N2O2S2/c1-2-3-10-6-4-14(11,12)5-7(6)13-8(10)9/h2,6-7,9H,1,3-5H2/p+1. The molecule has 0 aromatic rings. The highest BCUT2D eigenvalue weighted by atomic mass is 32.2. The molecule has 2 atom stereocenters. The van der Waals surface area contributed by atoms with Crippen molar-refractivity contribution in [3.8, 4) is 0 Å². The number of amidine groups is 1. The summed E-state index contributed by atoms with van der Waals surface area (Å²) in [5.41, 5.74) is 5.81. The summed E-state index contributed by atoms with van der Waals surface area (Å²) in [4.78, 5) is 0. The van der Waals surface area contributed by atoms with Gasteiger partial charge in [-0.1, -0.05) is 12.7 Å². The smallest absolute Gasteiger partial charge is 0.281 e. The van der Waals surface area contributed by atoms with Crippen LogP contribution in [0, 0.1) is 0 Å². The number of nitrogens with zero attached hydrogens (tertiary/aromatic N) is 1. The Hall–Kier alpha value is -0.490. The van der Waals surface area contributed by atoms with Crippen LogP contribution in [0.15, 0.2) is 12.7 Å². The van der Waals surface area contributed by atoms with Crippen molar-refractivity contribution in [2.45, 2.75) is 11.3 Å². The summed E-state index contributed by atoms with van der Waals surface area (Å²) in [5, 5.41) is 0.856. The summed E-state index contributed by atoms with van der Waals surface area (Å²) in [6, 6.07) is 0.0583. The fourth-order valence-corrected chi connectivity index (χ4v) is 5.81. The van der Waals surface area contributed by atoms with E-state index in [2.05, 4.69) is 6.58 Å². The van der Waals surface area contributed by atoms with Gasteiger partial charge in [0.05, 0.1) is 16.8 Å². The first-order valence-corrected chi connectivity index (χ1v) is 7.10. The SMILES string of the molecule is C=CC[N+]1=C(N)SC2CS(=O)(=O)CC21. The average molecular weight is 233 g/mol. The highest BCUT2D eigenvalue weighted by molar-refractivity contribution is 8.15. The zero-order valence-electron chi connectivity index (χ0n) is 7.72. The van der Waals surface area contributed by atoms with Gasteiger partial charge >= 0.3 is 5.17 Å². The maximum atomic E-state index is 11.4. The molecule has 2 aliphatic heterocycles. The van der Waals surface area contributed by atoms with Crippen molar-refractivity contribution in [3.63, 3.8) is 0 Å². The van der Waals surface area contributed by atoms with E-state index in [1.54, 1.807) is 6.08 Å². The summed E-state index contributed by atoms with van der Waals surface area (Å²) in [6.07, 6.45) is 1.75. The molecular formula is C8H13N2O2S2+. The molecule has 1 saturated heterocycles. The maximum absolute atomic E-state index is 11.4. The number of nitrogens with two attached hydrogens (primary N) is 1. The van der Waals surface area contributed by atoms with E-state index in [0.29, 0.717) is 6.54 Å². The van der Waals surface area contributed by atoms with Gasteiger partial charge in [-0.05, 0) is 11.8 Å². The third-order valence-electron chi connectivity index (χ3n) is 2.55. The van der Waals surface area contributed by atoms with Gasteiger partial charge in [0.15, 0.2) is 9.84 Å². The van der Waals surface area contributed by atoms with Gasteiger partial charge in [0, 0.05) is 0 Å². The Kier molecular flexibility index (Phi) is 2.35. The van der Waals surface area contributed by atoms with Gasteiger partial charge < -0.3 is 0 Å². The molecule has 78 valence electrons. The van der Waals surface area contributed by atoms with Crippen molar-refractivity contribution in [2.24, 2.45) is 5.73 Å². The molecule has 0 aromatic carbocycles. The van der Waals surface area contributed by atoms with Gasteiger partial charge in [-0.3, -0.25) is 5.73 Å². The fourth-order valence-electron chi connectivity index (χ4n) is 1.95. The van der Waals surface area contributed by atoms with Crippen molar-refractivity contribution in [1.82, 2.24) is 0 Å². The molecule has 0 radical (unpaired) electrons. The van der Waals surface area contributed by atoms with Crippen molar-refractivity contribution < 1.29 is 13.0 Å². The Balaban J connectivity index is 2.27. The molecule has 14 heavy (non-hydrogen) atoms. The lowest BCUT2D eigenvalue weighted by molar-refractivity contribution is -0.544. The Labute approximate surface area is 87.8 Å². The molecule has 4 nitrogen and oxygen atoms in total. The van der Waals surface area contributed by atoms with Crippen LogP contribution in [0.5, 0.6) is 0 Å². The number of rotatable bonds is 2. The Morgan fingerprint density at radius 3 is 3.00 bits per heavy atom. The first-order chi connectivity index (χ1) is 6.53. The molecule has 0 aromatic heterocycles. The van der Waals surface area contributed by atoms with Crippen molar-refractivity contribution in [1.29, 1.82) is 0 Å². The van der Waals surface area contributed by atoms with E-state index in [1.807, 2.05) is 4.58 Å². The first-order valence-electron chi connectivity index (χ1n) is 4.40. The number of fused-ring (bicyclic) bond motifs is 1. The van der Waals surface area contributed by atoms with E-state index >= 15 is 0 Å². The van der Waals surface area contributed by atoms with Crippen LogP contribution in [0.25, 0.3) is 0 Å². The highest BCUT2D eigenvalue weighted by Gasteiger charge is 2.48. The lowest BCUT2D eigenvalue weighted by atomic mass is 10.2. The van der Waals surface area contributed by atoms with E-state index in [-0.39, 0.29) is 22.8 Å². The molecule has 2 N–H and O–H groups in total. The summed E-state index contributed by atoms with van der Waals surface area (Å²) < 4.78 is 24.7. The van der Waals surface area contributed by atoms with Crippen molar-refractivity contribution in [2.75, 3.05) is 18.1 Å². The van der Waals surface area contributed by atoms with Crippen LogP contribution >= 0.6 is 11.8 Å². The van der Waals surface area contributed by atoms with Crippen molar-refractivity contribution >= 4 is 26.8 Å². The number of hydrogen-bond acceptors (Lipinski definition) is 4. The Morgan fingerprint density at radius 1 is 1.64 bits per heavy atom. The Bertz CT molecular complexity index is 400. The topological polar surface area (TPSA) is 63.2 Å². The largest absolute Gasteiger partial charge is 0.305 e. The van der Waals surface area contributed by atoms with Gasteiger partial charge in [-0.2, -0.15) is 0 Å². The summed E-state index contributed by atoms with van der Waals surface area (Å²) >= 11 is 1.48. The molecule has 2 heterocycles. The second-order valence-electron chi connectivity index (χ2n) is 3.58. The predicted octanol–water partition coefficient (Wildman–Crippen LogP) is -0.588. The number of sulfone groups is 1. The van der Waals surface area contributed by atoms with Crippen LogP contribution < -0.4 is 5.73 Å². The van der Waals surface area contributed by atoms with Gasteiger partial charge in [0.2, 0.25) is 0 Å². The zero-order valence-corrected chi connectivity index (χ0v) is 9.35. The third-order valence-corrected chi connectivity index (χ3v) is 5.74. The predicted molar refractivity (Wildman–Crippen MR) is 58.3 cm³/mol. The first kappa shape index (κ1) is 10.0. The molecule has 0 saturated carbocycles. The normalized spacial score (nSPS) is 34.6. The van der Waals surface area contributed by atoms with Crippen LogP contribution in [0.4, 0.5) is 0 Å². The van der Waals surface area contributed by atoms with Crippen molar-refractivity contribution in [3.05, 3.63) is 12.7 Å². The van der Waals surface area contributed by atoms with Crippen LogP contribution in [-0.4, -0.2) is 47.5 Å². The van der Waals surface area contributed by atoms with Crippen LogP contribution in [0.3, 0.4) is 0 Å². The fraction of sp³-hybridized carbons (Fsp3) is 0.625. The minimum atomic E-state index is -2.85. The molecule has 0 spiro atoms. The molecule has 0 amide bonds. The number of thioether (sulfide) groups is 1. The number of hydrogen-bond donors (Lipinski definition) is 1. The summed E-state index contributed by atoms with van der Waals surface area (Å²) in [6.45, 7) is 4.27. The lowest BCUT2D eigenvalue weighted by Crippen LogP contribution is -2.32. The highest BCUT2D eigenvalue weighted by Crippen LogP contribution is 2.32. The van der Waals surface area contributed by atoms with E-state index in [1.165, 1.54) is 11.8 Å². The molecule has 2 aliphatic rings. The quantitative estimate of drug-likeness (QED) is 0.511. The molecule has 2 rings (SSSR count). The van der Waals surface area contributed by atoms with Gasteiger partial charge in [-0.25, -0.2) is 13.0 Å². The van der Waals surface area contributed by atoms with Crippen LogP contribution in [0.2, 0.25) is 0 Å². The minimum absolute atomic E-state index is 0.0583. The van der Waals surface area contributed by atoms with E-state index in [4.69, 9.17) is 5.73 Å². The van der Waals surface area contributed by atoms with Gasteiger partial charge in [0.1, 0.15) is 12.6 Å². The minimum Gasteiger partial charge on any atom is -0.281 e. The lowest BCUT2D eigenvalue weighted by Gasteiger charge is -2.07. The van der Waals surface area contributed by atoms with Gasteiger partial charge in [0.25, 0.3) is 0 Å². The van der Waals surface area contributed by atoms with E-state index < -0.39 is 9.84 Å². The molecule has 0 aliphatic carbocycles. The molecular weight excluding hydrogens is 220 g/mol. The van der Waals surface area contributed by atoms with Crippen LogP contribution in [-0.2, 0) is 9.84 Å². The molecule has 0 bridgehead atoms. The second-order valence-corrected chi connectivity index (χ2v) is 6.99. The van der Waals surface area contributed by atoms with E-state index in [9.17, 15) is 8.42 Å². The average Bonchev–Trinajstić information content (AvgIpc) is 2.47. The molecule has 6 heteroatoms.